The Balaban J connectivity index is 1.67. The molecule has 2 heterocycles. The van der Waals surface area contributed by atoms with Crippen molar-refractivity contribution >= 4 is 11.7 Å². The second-order valence-electron chi connectivity index (χ2n) is 6.64. The summed E-state index contributed by atoms with van der Waals surface area (Å²) < 4.78 is 10.7. The van der Waals surface area contributed by atoms with E-state index in [0.717, 1.165) is 55.0 Å². The number of hydrogen-bond acceptors (Lipinski definition) is 4. The number of aromatic nitrogens is 1. The van der Waals surface area contributed by atoms with Crippen molar-refractivity contribution in [3.05, 3.63) is 35.7 Å². The van der Waals surface area contributed by atoms with Crippen LogP contribution < -0.4 is 5.32 Å². The smallest absolute Gasteiger partial charge is 0.321 e. The molecule has 25 heavy (non-hydrogen) atoms. The van der Waals surface area contributed by atoms with Gasteiger partial charge in [0.2, 0.25) is 5.89 Å². The summed E-state index contributed by atoms with van der Waals surface area (Å²) in [5.41, 5.74) is 3.49. The van der Waals surface area contributed by atoms with Crippen LogP contribution in [0.2, 0.25) is 0 Å². The highest BCUT2D eigenvalue weighted by Crippen LogP contribution is 2.26. The number of ether oxygens (including phenoxy) is 1. The first kappa shape index (κ1) is 17.5. The van der Waals surface area contributed by atoms with Crippen LogP contribution in [0.15, 0.2) is 28.9 Å². The van der Waals surface area contributed by atoms with Gasteiger partial charge in [0.25, 0.3) is 0 Å². The van der Waals surface area contributed by atoms with Crippen LogP contribution in [0.4, 0.5) is 10.5 Å². The monoisotopic (exact) mass is 343 g/mol. The van der Waals surface area contributed by atoms with Gasteiger partial charge in [-0.1, -0.05) is 6.07 Å². The zero-order valence-corrected chi connectivity index (χ0v) is 15.0. The summed E-state index contributed by atoms with van der Waals surface area (Å²) in [7, 11) is 1.73. The topological polar surface area (TPSA) is 67.6 Å². The van der Waals surface area contributed by atoms with Gasteiger partial charge in [0.1, 0.15) is 6.26 Å². The van der Waals surface area contributed by atoms with E-state index >= 15 is 0 Å². The molecular formula is C19H25N3O3. The van der Waals surface area contributed by atoms with Crippen molar-refractivity contribution in [1.29, 1.82) is 0 Å². The summed E-state index contributed by atoms with van der Waals surface area (Å²) in [6.45, 7) is 6.16. The van der Waals surface area contributed by atoms with Gasteiger partial charge in [0.05, 0.1) is 5.69 Å². The minimum atomic E-state index is -0.0558. The highest BCUT2D eigenvalue weighted by molar-refractivity contribution is 5.91. The third-order valence-electron chi connectivity index (χ3n) is 4.65. The molecule has 0 saturated carbocycles. The van der Waals surface area contributed by atoms with Crippen molar-refractivity contribution in [3.63, 3.8) is 0 Å². The summed E-state index contributed by atoms with van der Waals surface area (Å²) in [6, 6.07) is 5.78. The number of anilines is 1. The van der Waals surface area contributed by atoms with E-state index in [9.17, 15) is 4.79 Å². The lowest BCUT2D eigenvalue weighted by atomic mass is 9.98. The average molecular weight is 343 g/mol. The normalized spacial score (nSPS) is 15.4. The Morgan fingerprint density at radius 2 is 2.12 bits per heavy atom. The fraction of sp³-hybridized carbons (Fsp3) is 0.474. The van der Waals surface area contributed by atoms with Crippen LogP contribution >= 0.6 is 0 Å². The number of rotatable bonds is 4. The zero-order valence-electron chi connectivity index (χ0n) is 15.0. The van der Waals surface area contributed by atoms with Crippen molar-refractivity contribution in [2.24, 2.45) is 5.92 Å². The van der Waals surface area contributed by atoms with Crippen LogP contribution in [0, 0.1) is 19.8 Å². The second kappa shape index (κ2) is 7.70. The number of hydrogen-bond donors (Lipinski definition) is 1. The Bertz CT molecular complexity index is 733. The van der Waals surface area contributed by atoms with Gasteiger partial charge in [-0.2, -0.15) is 0 Å². The van der Waals surface area contributed by atoms with Crippen molar-refractivity contribution in [2.75, 3.05) is 32.1 Å². The Morgan fingerprint density at radius 1 is 1.36 bits per heavy atom. The van der Waals surface area contributed by atoms with Gasteiger partial charge in [-0.3, -0.25) is 0 Å². The largest absolute Gasteiger partial charge is 0.444 e. The number of benzene rings is 1. The number of likely N-dealkylation sites (tertiary alicyclic amines) is 1. The summed E-state index contributed by atoms with van der Waals surface area (Å²) in [5.74, 6) is 1.11. The predicted octanol–water partition coefficient (Wildman–Crippen LogP) is 3.85. The molecule has 1 N–H and O–H groups in total. The molecule has 0 atom stereocenters. The maximum absolute atomic E-state index is 12.6. The molecule has 6 heteroatoms. The fourth-order valence-electron chi connectivity index (χ4n) is 3.11. The molecular weight excluding hydrogens is 318 g/mol. The van der Waals surface area contributed by atoms with Crippen LogP contribution in [0.3, 0.4) is 0 Å². The van der Waals surface area contributed by atoms with Crippen LogP contribution in [-0.4, -0.2) is 42.7 Å². The van der Waals surface area contributed by atoms with E-state index in [0.29, 0.717) is 11.8 Å². The molecule has 1 aliphatic rings. The zero-order chi connectivity index (χ0) is 17.8. The van der Waals surface area contributed by atoms with Gasteiger partial charge in [0.15, 0.2) is 0 Å². The van der Waals surface area contributed by atoms with Crippen LogP contribution in [-0.2, 0) is 4.74 Å². The van der Waals surface area contributed by atoms with Crippen LogP contribution in [0.25, 0.3) is 11.5 Å². The average Bonchev–Trinajstić information content (AvgIpc) is 3.04. The number of oxazole rings is 1. The molecule has 1 fully saturated rings. The van der Waals surface area contributed by atoms with Crippen molar-refractivity contribution in [2.45, 2.75) is 26.7 Å². The molecule has 2 amide bonds. The van der Waals surface area contributed by atoms with E-state index in [-0.39, 0.29) is 6.03 Å². The first-order chi connectivity index (χ1) is 12.1. The second-order valence-corrected chi connectivity index (χ2v) is 6.64. The number of aryl methyl sites for hydroxylation is 2. The number of nitrogens with zero attached hydrogens (tertiary/aromatic N) is 2. The molecule has 3 rings (SSSR count). The molecule has 1 aromatic heterocycles. The quantitative estimate of drug-likeness (QED) is 0.915. The van der Waals surface area contributed by atoms with Gasteiger partial charge >= 0.3 is 6.03 Å². The van der Waals surface area contributed by atoms with Crippen molar-refractivity contribution < 1.29 is 13.9 Å². The summed E-state index contributed by atoms with van der Waals surface area (Å²) >= 11 is 0. The molecule has 1 aliphatic heterocycles. The first-order valence-electron chi connectivity index (χ1n) is 8.65. The SMILES string of the molecule is COCC1CCN(C(=O)Nc2cc(-c3nc(C)co3)ccc2C)CC1. The minimum absolute atomic E-state index is 0.0558. The van der Waals surface area contributed by atoms with Crippen LogP contribution in [0.1, 0.15) is 24.1 Å². The Labute approximate surface area is 148 Å². The number of methoxy groups -OCH3 is 1. The van der Waals surface area contributed by atoms with E-state index < -0.39 is 0 Å². The highest BCUT2D eigenvalue weighted by Gasteiger charge is 2.23. The molecule has 0 radical (unpaired) electrons. The molecule has 0 bridgehead atoms. The fourth-order valence-corrected chi connectivity index (χ4v) is 3.11. The summed E-state index contributed by atoms with van der Waals surface area (Å²) in [6.07, 6.45) is 3.59. The molecule has 1 aromatic carbocycles. The van der Waals surface area contributed by atoms with E-state index in [1.165, 1.54) is 0 Å². The Hall–Kier alpha value is -2.34. The van der Waals surface area contributed by atoms with Crippen LogP contribution in [0.5, 0.6) is 0 Å². The molecule has 134 valence electrons. The number of piperidine rings is 1. The van der Waals surface area contributed by atoms with Gasteiger partial charge in [0, 0.05) is 38.1 Å². The lowest BCUT2D eigenvalue weighted by Crippen LogP contribution is -2.41. The molecule has 1 saturated heterocycles. The van der Waals surface area contributed by atoms with E-state index in [1.54, 1.807) is 13.4 Å². The molecule has 0 aliphatic carbocycles. The third kappa shape index (κ3) is 4.20. The maximum Gasteiger partial charge on any atom is 0.321 e. The number of carbonyl (C=O) groups is 1. The molecule has 6 nitrogen and oxygen atoms in total. The lowest BCUT2D eigenvalue weighted by molar-refractivity contribution is 0.110. The van der Waals surface area contributed by atoms with Gasteiger partial charge in [-0.25, -0.2) is 9.78 Å². The predicted molar refractivity (Wildman–Crippen MR) is 96.6 cm³/mol. The van der Waals surface area contributed by atoms with Crippen molar-refractivity contribution in [3.8, 4) is 11.5 Å². The Morgan fingerprint density at radius 3 is 2.76 bits per heavy atom. The number of urea groups is 1. The van der Waals surface area contributed by atoms with E-state index in [1.807, 2.05) is 36.9 Å². The number of carbonyl (C=O) groups excluding carboxylic acids is 1. The van der Waals surface area contributed by atoms with Gasteiger partial charge in [-0.05, 0) is 50.3 Å². The maximum atomic E-state index is 12.6. The minimum Gasteiger partial charge on any atom is -0.444 e. The Kier molecular flexibility index (Phi) is 5.38. The van der Waals surface area contributed by atoms with E-state index in [2.05, 4.69) is 10.3 Å². The lowest BCUT2D eigenvalue weighted by Gasteiger charge is -2.31. The highest BCUT2D eigenvalue weighted by atomic mass is 16.5. The number of amides is 2. The standard InChI is InChI=1S/C19H25N3O3/c1-13-4-5-16(18-20-14(2)11-25-18)10-17(13)21-19(23)22-8-6-15(7-9-22)12-24-3/h4-5,10-11,15H,6-9,12H2,1-3H3,(H,21,23). The molecule has 0 spiro atoms. The van der Waals surface area contributed by atoms with E-state index in [4.69, 9.17) is 9.15 Å². The molecule has 0 unspecified atom stereocenters. The third-order valence-corrected chi connectivity index (χ3v) is 4.65. The van der Waals surface area contributed by atoms with Crippen molar-refractivity contribution in [1.82, 2.24) is 9.88 Å². The van der Waals surface area contributed by atoms with Gasteiger partial charge in [-0.15, -0.1) is 0 Å². The molecule has 2 aromatic rings. The summed E-state index contributed by atoms with van der Waals surface area (Å²) in [5, 5.41) is 3.03. The van der Waals surface area contributed by atoms with Gasteiger partial charge < -0.3 is 19.4 Å². The number of nitrogens with one attached hydrogen (secondary N) is 1. The first-order valence-corrected chi connectivity index (χ1v) is 8.65. The summed E-state index contributed by atoms with van der Waals surface area (Å²) in [4.78, 5) is 18.8.